The zero-order valence-electron chi connectivity index (χ0n) is 17.4. The Morgan fingerprint density at radius 3 is 1.83 bits per heavy atom. The summed E-state index contributed by atoms with van der Waals surface area (Å²) in [5.74, 6) is -1.67. The molecule has 6 heteroatoms. The standard InChI is InChI=1S/C20H18O2.2C2H4O2/c1-11-13-5-3-4-6-14(13)12(2)19-15(11)7-8-17-16(19)9-10-18(21)20(17)22;2*1-2(3)4/h3-10,18,20-22H,1-2H3;2*1H3,(H,3,4)/t18-,20-;;/m0../s1. The van der Waals surface area contributed by atoms with Gasteiger partial charge in [0.15, 0.2) is 0 Å². The molecule has 0 heterocycles. The van der Waals surface area contributed by atoms with Crippen LogP contribution in [-0.4, -0.2) is 38.5 Å². The second-order valence-corrected chi connectivity index (χ2v) is 7.12. The number of rotatable bonds is 0. The Balaban J connectivity index is 0.000000347. The summed E-state index contributed by atoms with van der Waals surface area (Å²) >= 11 is 0. The molecule has 0 amide bonds. The van der Waals surface area contributed by atoms with Crippen molar-refractivity contribution in [1.29, 1.82) is 0 Å². The average molecular weight is 410 g/mol. The molecule has 0 aliphatic heterocycles. The summed E-state index contributed by atoms with van der Waals surface area (Å²) in [5.41, 5.74) is 4.32. The Labute approximate surface area is 174 Å². The van der Waals surface area contributed by atoms with Gasteiger partial charge in [0.1, 0.15) is 12.2 Å². The predicted molar refractivity (Wildman–Crippen MR) is 118 cm³/mol. The van der Waals surface area contributed by atoms with Crippen LogP contribution in [0.2, 0.25) is 0 Å². The summed E-state index contributed by atoms with van der Waals surface area (Å²) < 4.78 is 0. The van der Waals surface area contributed by atoms with Gasteiger partial charge in [-0.05, 0) is 57.6 Å². The van der Waals surface area contributed by atoms with E-state index in [9.17, 15) is 10.2 Å². The third kappa shape index (κ3) is 4.84. The van der Waals surface area contributed by atoms with Crippen LogP contribution < -0.4 is 0 Å². The lowest BCUT2D eigenvalue weighted by atomic mass is 9.84. The van der Waals surface area contributed by atoms with Crippen LogP contribution in [0.25, 0.3) is 27.6 Å². The first-order valence-corrected chi connectivity index (χ1v) is 9.44. The molecule has 1 aliphatic carbocycles. The van der Waals surface area contributed by atoms with Crippen LogP contribution in [0.5, 0.6) is 0 Å². The number of aliphatic hydroxyl groups is 2. The molecule has 2 atom stereocenters. The molecule has 0 saturated heterocycles. The van der Waals surface area contributed by atoms with Gasteiger partial charge < -0.3 is 20.4 Å². The van der Waals surface area contributed by atoms with Gasteiger partial charge in [-0.2, -0.15) is 0 Å². The molecule has 4 N–H and O–H groups in total. The number of aryl methyl sites for hydroxylation is 2. The topological polar surface area (TPSA) is 115 Å². The minimum atomic E-state index is -0.851. The Hall–Kier alpha value is -3.22. The second-order valence-electron chi connectivity index (χ2n) is 7.12. The van der Waals surface area contributed by atoms with Crippen LogP contribution in [-0.2, 0) is 9.59 Å². The number of hydrogen-bond acceptors (Lipinski definition) is 4. The van der Waals surface area contributed by atoms with Gasteiger partial charge in [0, 0.05) is 13.8 Å². The van der Waals surface area contributed by atoms with E-state index in [1.165, 1.54) is 32.7 Å². The molecule has 3 aromatic carbocycles. The first-order chi connectivity index (χ1) is 14.1. The average Bonchev–Trinajstić information content (AvgIpc) is 2.67. The fraction of sp³-hybridized carbons (Fsp3) is 0.250. The number of carboxylic acids is 2. The summed E-state index contributed by atoms with van der Waals surface area (Å²) in [6.45, 7) is 6.45. The summed E-state index contributed by atoms with van der Waals surface area (Å²) in [5, 5.41) is 39.9. The van der Waals surface area contributed by atoms with E-state index in [0.29, 0.717) is 0 Å². The monoisotopic (exact) mass is 410 g/mol. The fourth-order valence-electron chi connectivity index (χ4n) is 3.69. The number of aliphatic hydroxyl groups excluding tert-OH is 2. The molecule has 0 bridgehead atoms. The lowest BCUT2D eigenvalue weighted by Gasteiger charge is -2.24. The highest BCUT2D eigenvalue weighted by molar-refractivity contribution is 6.08. The maximum atomic E-state index is 10.3. The second kappa shape index (κ2) is 9.52. The zero-order chi connectivity index (χ0) is 22.6. The molecule has 6 nitrogen and oxygen atoms in total. The number of fused-ring (bicyclic) bond motifs is 4. The fourth-order valence-corrected chi connectivity index (χ4v) is 3.69. The Morgan fingerprint density at radius 2 is 1.30 bits per heavy atom. The summed E-state index contributed by atoms with van der Waals surface area (Å²) in [4.78, 5) is 18.0. The van der Waals surface area contributed by atoms with Crippen molar-refractivity contribution in [2.45, 2.75) is 39.9 Å². The largest absolute Gasteiger partial charge is 0.481 e. The molecule has 0 spiro atoms. The maximum absolute atomic E-state index is 10.3. The number of carboxylic acid groups (broad SMARTS) is 2. The predicted octanol–water partition coefficient (Wildman–Crippen LogP) is 4.21. The highest BCUT2D eigenvalue weighted by atomic mass is 16.4. The Kier molecular flexibility index (Phi) is 7.32. The molecule has 0 radical (unpaired) electrons. The van der Waals surface area contributed by atoms with Crippen molar-refractivity contribution in [3.8, 4) is 0 Å². The molecular weight excluding hydrogens is 384 g/mol. The summed E-state index contributed by atoms with van der Waals surface area (Å²) in [6, 6.07) is 12.4. The van der Waals surface area contributed by atoms with E-state index in [0.717, 1.165) is 25.0 Å². The van der Waals surface area contributed by atoms with Crippen LogP contribution in [0, 0.1) is 13.8 Å². The van der Waals surface area contributed by atoms with E-state index < -0.39 is 24.1 Å². The van der Waals surface area contributed by atoms with Gasteiger partial charge in [0.25, 0.3) is 11.9 Å². The zero-order valence-corrected chi connectivity index (χ0v) is 17.4. The van der Waals surface area contributed by atoms with Crippen molar-refractivity contribution in [1.82, 2.24) is 0 Å². The number of carbonyl (C=O) groups is 2. The Morgan fingerprint density at radius 1 is 0.800 bits per heavy atom. The molecule has 3 aromatic rings. The van der Waals surface area contributed by atoms with Gasteiger partial charge in [-0.25, -0.2) is 0 Å². The third-order valence-corrected chi connectivity index (χ3v) is 4.90. The van der Waals surface area contributed by atoms with Crippen molar-refractivity contribution >= 4 is 39.6 Å². The van der Waals surface area contributed by atoms with Gasteiger partial charge in [0.2, 0.25) is 0 Å². The Bertz CT molecular complexity index is 1110. The van der Waals surface area contributed by atoms with Gasteiger partial charge >= 0.3 is 0 Å². The minimum Gasteiger partial charge on any atom is -0.481 e. The molecule has 0 saturated carbocycles. The quantitative estimate of drug-likeness (QED) is 0.413. The molecule has 1 aliphatic rings. The SMILES string of the molecule is CC(=O)O.CC(=O)O.Cc1c2ccccc2c(C)c2c3c(ccc12)[C@H](O)[C@@H](O)C=C3. The highest BCUT2D eigenvalue weighted by Gasteiger charge is 2.24. The lowest BCUT2D eigenvalue weighted by Crippen LogP contribution is -2.19. The maximum Gasteiger partial charge on any atom is 0.300 e. The number of hydrogen-bond donors (Lipinski definition) is 4. The van der Waals surface area contributed by atoms with Crippen LogP contribution in [0.1, 0.15) is 42.2 Å². The van der Waals surface area contributed by atoms with Crippen LogP contribution in [0.4, 0.5) is 0 Å². The van der Waals surface area contributed by atoms with Crippen LogP contribution in [0.3, 0.4) is 0 Å². The molecule has 0 aromatic heterocycles. The van der Waals surface area contributed by atoms with Gasteiger partial charge in [0.05, 0.1) is 0 Å². The van der Waals surface area contributed by atoms with E-state index in [2.05, 4.69) is 44.2 Å². The van der Waals surface area contributed by atoms with E-state index in [-0.39, 0.29) is 0 Å². The first kappa shape index (κ1) is 23.1. The molecule has 0 fully saturated rings. The lowest BCUT2D eigenvalue weighted by molar-refractivity contribution is -0.135. The third-order valence-electron chi connectivity index (χ3n) is 4.90. The van der Waals surface area contributed by atoms with Crippen LogP contribution in [0.15, 0.2) is 42.5 Å². The summed E-state index contributed by atoms with van der Waals surface area (Å²) in [6.07, 6.45) is 1.94. The smallest absolute Gasteiger partial charge is 0.300 e. The molecule has 4 rings (SSSR count). The van der Waals surface area contributed by atoms with Gasteiger partial charge in [-0.15, -0.1) is 0 Å². The number of aliphatic carboxylic acids is 2. The number of benzene rings is 3. The normalized spacial score (nSPS) is 16.7. The molecule has 0 unspecified atom stereocenters. The van der Waals surface area contributed by atoms with E-state index >= 15 is 0 Å². The van der Waals surface area contributed by atoms with Crippen molar-refractivity contribution in [2.24, 2.45) is 0 Å². The van der Waals surface area contributed by atoms with Crippen molar-refractivity contribution in [3.05, 3.63) is 64.7 Å². The van der Waals surface area contributed by atoms with E-state index in [4.69, 9.17) is 19.8 Å². The van der Waals surface area contributed by atoms with Gasteiger partial charge in [-0.3, -0.25) is 9.59 Å². The van der Waals surface area contributed by atoms with Gasteiger partial charge in [-0.1, -0.05) is 48.6 Å². The molecular formula is C24H26O6. The summed E-state index contributed by atoms with van der Waals surface area (Å²) in [7, 11) is 0. The van der Waals surface area contributed by atoms with Crippen molar-refractivity contribution < 1.29 is 30.0 Å². The highest BCUT2D eigenvalue weighted by Crippen LogP contribution is 2.39. The molecule has 30 heavy (non-hydrogen) atoms. The van der Waals surface area contributed by atoms with Crippen LogP contribution >= 0.6 is 0 Å². The minimum absolute atomic E-state index is 0.806. The first-order valence-electron chi connectivity index (χ1n) is 9.44. The van der Waals surface area contributed by atoms with E-state index in [1.54, 1.807) is 6.08 Å². The molecule has 158 valence electrons. The van der Waals surface area contributed by atoms with Crippen molar-refractivity contribution in [3.63, 3.8) is 0 Å². The van der Waals surface area contributed by atoms with Crippen molar-refractivity contribution in [2.75, 3.05) is 0 Å². The van der Waals surface area contributed by atoms with E-state index in [1.807, 2.05) is 12.1 Å².